The van der Waals surface area contributed by atoms with E-state index < -0.39 is 10.0 Å². The Morgan fingerprint density at radius 3 is 2.74 bits per heavy atom. The van der Waals surface area contributed by atoms with Gasteiger partial charge in [-0.15, -0.1) is 11.3 Å². The van der Waals surface area contributed by atoms with Gasteiger partial charge < -0.3 is 5.73 Å². The zero-order valence-electron chi connectivity index (χ0n) is 10.5. The van der Waals surface area contributed by atoms with Gasteiger partial charge in [-0.05, 0) is 50.3 Å². The van der Waals surface area contributed by atoms with Crippen LogP contribution in [0.5, 0.6) is 0 Å². The molecule has 0 aromatic carbocycles. The average molecular weight is 432 g/mol. The molecule has 1 aliphatic heterocycles. The normalized spacial score (nSPS) is 25.7. The second-order valence-corrected chi connectivity index (χ2v) is 10.3. The van der Waals surface area contributed by atoms with E-state index in [0.717, 1.165) is 16.6 Å². The van der Waals surface area contributed by atoms with Gasteiger partial charge >= 0.3 is 0 Å². The summed E-state index contributed by atoms with van der Waals surface area (Å²) in [5.41, 5.74) is 6.03. The molecule has 1 saturated heterocycles. The van der Waals surface area contributed by atoms with Crippen LogP contribution in [0.15, 0.2) is 18.5 Å². The number of thiophene rings is 1. The van der Waals surface area contributed by atoms with Crippen molar-refractivity contribution in [2.24, 2.45) is 11.7 Å². The van der Waals surface area contributed by atoms with Crippen LogP contribution < -0.4 is 5.73 Å². The fraction of sp³-hybridized carbons (Fsp3) is 0.636. The number of piperidine rings is 1. The number of halogens is 2. The van der Waals surface area contributed by atoms with Gasteiger partial charge in [-0.3, -0.25) is 0 Å². The Hall–Kier alpha value is 0.530. The first-order valence-electron chi connectivity index (χ1n) is 6.06. The molecule has 1 fully saturated rings. The van der Waals surface area contributed by atoms with Crippen molar-refractivity contribution in [3.8, 4) is 0 Å². The summed E-state index contributed by atoms with van der Waals surface area (Å²) in [6.45, 7) is 3.07. The Bertz CT molecular complexity index is 559. The molecule has 4 nitrogen and oxygen atoms in total. The third kappa shape index (κ3) is 3.24. The van der Waals surface area contributed by atoms with Crippen molar-refractivity contribution in [1.29, 1.82) is 0 Å². The summed E-state index contributed by atoms with van der Waals surface area (Å²) in [6.07, 6.45) is 1.63. The zero-order valence-corrected chi connectivity index (χ0v) is 15.3. The van der Waals surface area contributed by atoms with E-state index in [2.05, 4.69) is 38.8 Å². The summed E-state index contributed by atoms with van der Waals surface area (Å²) in [5.74, 6) is 0.240. The van der Waals surface area contributed by atoms with Crippen LogP contribution in [0.25, 0.3) is 0 Å². The molecule has 0 amide bonds. The van der Waals surface area contributed by atoms with Gasteiger partial charge in [-0.2, -0.15) is 4.31 Å². The summed E-state index contributed by atoms with van der Waals surface area (Å²) in [6, 6.07) is 1.76. The highest BCUT2D eigenvalue weighted by Crippen LogP contribution is 2.37. The van der Waals surface area contributed by atoms with Crippen LogP contribution in [0.1, 0.15) is 19.8 Å². The molecule has 1 aliphatic rings. The molecule has 0 saturated carbocycles. The standard InChI is InChI=1S/C11H16Br2N2O2S2/c1-2-7-6-15(4-3-8(7)14)19(16,17)9-5-10(12)18-11(9)13/h5,7-8H,2-4,6,14H2,1H3. The molecule has 1 aromatic rings. The second kappa shape index (κ2) is 6.11. The molecule has 0 bridgehead atoms. The third-order valence-electron chi connectivity index (χ3n) is 3.52. The van der Waals surface area contributed by atoms with E-state index in [1.54, 1.807) is 10.4 Å². The number of hydrogen-bond donors (Lipinski definition) is 1. The third-order valence-corrected chi connectivity index (χ3v) is 8.14. The molecule has 8 heteroatoms. The van der Waals surface area contributed by atoms with Gasteiger partial charge in [0.2, 0.25) is 10.0 Å². The molecule has 2 unspecified atom stereocenters. The van der Waals surface area contributed by atoms with Crippen molar-refractivity contribution in [1.82, 2.24) is 4.31 Å². The van der Waals surface area contributed by atoms with Crippen molar-refractivity contribution < 1.29 is 8.42 Å². The first-order valence-corrected chi connectivity index (χ1v) is 9.91. The summed E-state index contributed by atoms with van der Waals surface area (Å²) in [7, 11) is -3.43. The minimum atomic E-state index is -3.43. The van der Waals surface area contributed by atoms with E-state index in [1.165, 1.54) is 11.3 Å². The molecule has 0 radical (unpaired) electrons. The number of nitrogens with two attached hydrogens (primary N) is 1. The molecular formula is C11H16Br2N2O2S2. The number of hydrogen-bond acceptors (Lipinski definition) is 4. The minimum Gasteiger partial charge on any atom is -0.327 e. The monoisotopic (exact) mass is 430 g/mol. The SMILES string of the molecule is CCC1CN(S(=O)(=O)c2cc(Br)sc2Br)CCC1N. The molecule has 2 heterocycles. The van der Waals surface area contributed by atoms with Crippen LogP contribution in [0.2, 0.25) is 0 Å². The maximum atomic E-state index is 12.6. The Labute approximate surface area is 134 Å². The highest BCUT2D eigenvalue weighted by atomic mass is 79.9. The van der Waals surface area contributed by atoms with Crippen molar-refractivity contribution in [2.45, 2.75) is 30.7 Å². The van der Waals surface area contributed by atoms with Gasteiger partial charge in [0.15, 0.2) is 0 Å². The highest BCUT2D eigenvalue weighted by molar-refractivity contribution is 9.12. The lowest BCUT2D eigenvalue weighted by atomic mass is 9.92. The van der Waals surface area contributed by atoms with E-state index in [0.29, 0.717) is 21.8 Å². The lowest BCUT2D eigenvalue weighted by Crippen LogP contribution is -2.48. The van der Waals surface area contributed by atoms with Crippen LogP contribution in [0.4, 0.5) is 0 Å². The van der Waals surface area contributed by atoms with Gasteiger partial charge in [-0.25, -0.2) is 8.42 Å². The number of nitrogens with zero attached hydrogens (tertiary/aromatic N) is 1. The maximum absolute atomic E-state index is 12.6. The summed E-state index contributed by atoms with van der Waals surface area (Å²) in [5, 5.41) is 0. The van der Waals surface area contributed by atoms with E-state index in [4.69, 9.17) is 5.73 Å². The van der Waals surface area contributed by atoms with Gasteiger partial charge in [0.05, 0.1) is 7.57 Å². The minimum absolute atomic E-state index is 0.106. The number of sulfonamides is 1. The van der Waals surface area contributed by atoms with Crippen LogP contribution in [0.3, 0.4) is 0 Å². The lowest BCUT2D eigenvalue weighted by Gasteiger charge is -2.35. The summed E-state index contributed by atoms with van der Waals surface area (Å²) >= 11 is 8.01. The van der Waals surface area contributed by atoms with Crippen LogP contribution >= 0.6 is 43.2 Å². The van der Waals surface area contributed by atoms with E-state index >= 15 is 0 Å². The van der Waals surface area contributed by atoms with Crippen LogP contribution in [-0.4, -0.2) is 31.9 Å². The molecule has 2 N–H and O–H groups in total. The Morgan fingerprint density at radius 2 is 2.21 bits per heavy atom. The fourth-order valence-corrected chi connectivity index (χ4v) is 7.58. The van der Waals surface area contributed by atoms with E-state index in [1.807, 2.05) is 0 Å². The quantitative estimate of drug-likeness (QED) is 0.799. The molecule has 1 aromatic heterocycles. The molecule has 0 aliphatic carbocycles. The van der Waals surface area contributed by atoms with E-state index in [9.17, 15) is 8.42 Å². The predicted molar refractivity (Wildman–Crippen MR) is 84.9 cm³/mol. The smallest absolute Gasteiger partial charge is 0.245 e. The highest BCUT2D eigenvalue weighted by Gasteiger charge is 2.34. The van der Waals surface area contributed by atoms with Gasteiger partial charge in [0, 0.05) is 19.1 Å². The Morgan fingerprint density at radius 1 is 1.53 bits per heavy atom. The van der Waals surface area contributed by atoms with E-state index in [-0.39, 0.29) is 12.0 Å². The van der Waals surface area contributed by atoms with Crippen molar-refractivity contribution in [2.75, 3.05) is 13.1 Å². The lowest BCUT2D eigenvalue weighted by molar-refractivity contribution is 0.230. The number of rotatable bonds is 3. The Kier molecular flexibility index (Phi) is 5.12. The van der Waals surface area contributed by atoms with Crippen molar-refractivity contribution in [3.63, 3.8) is 0 Å². The van der Waals surface area contributed by atoms with Gasteiger partial charge in [-0.1, -0.05) is 13.3 Å². The molecule has 0 spiro atoms. The first-order chi connectivity index (χ1) is 8.86. The molecule has 2 atom stereocenters. The second-order valence-electron chi connectivity index (χ2n) is 4.67. The fourth-order valence-electron chi connectivity index (χ4n) is 2.31. The average Bonchev–Trinajstić information content (AvgIpc) is 2.69. The van der Waals surface area contributed by atoms with Gasteiger partial charge in [0.25, 0.3) is 0 Å². The maximum Gasteiger partial charge on any atom is 0.245 e. The molecular weight excluding hydrogens is 416 g/mol. The Balaban J connectivity index is 2.28. The van der Waals surface area contributed by atoms with Gasteiger partial charge in [0.1, 0.15) is 4.90 Å². The molecule has 19 heavy (non-hydrogen) atoms. The zero-order chi connectivity index (χ0) is 14.2. The first kappa shape index (κ1) is 15.9. The van der Waals surface area contributed by atoms with Crippen LogP contribution in [-0.2, 0) is 10.0 Å². The summed E-state index contributed by atoms with van der Waals surface area (Å²) < 4.78 is 28.3. The molecule has 108 valence electrons. The summed E-state index contributed by atoms with van der Waals surface area (Å²) in [4.78, 5) is 0.342. The van der Waals surface area contributed by atoms with Crippen molar-refractivity contribution >= 4 is 53.2 Å². The molecule has 2 rings (SSSR count). The van der Waals surface area contributed by atoms with Crippen LogP contribution in [0, 0.1) is 5.92 Å². The largest absolute Gasteiger partial charge is 0.327 e. The topological polar surface area (TPSA) is 63.4 Å². The van der Waals surface area contributed by atoms with Crippen molar-refractivity contribution in [3.05, 3.63) is 13.6 Å². The predicted octanol–water partition coefficient (Wildman–Crippen LogP) is 3.02.